The molecule has 0 amide bonds. The summed E-state index contributed by atoms with van der Waals surface area (Å²) in [5.74, 6) is -0.131. The molecular formula is C16H22BrCl2F3N2O. The third-order valence-electron chi connectivity index (χ3n) is 3.79. The zero-order valence-corrected chi connectivity index (χ0v) is 16.7. The second kappa shape index (κ2) is 11.3. The first-order valence-electron chi connectivity index (χ1n) is 7.51. The fourth-order valence-electron chi connectivity index (χ4n) is 2.80. The van der Waals surface area contributed by atoms with Crippen LogP contribution in [0.1, 0.15) is 24.4 Å². The lowest BCUT2D eigenvalue weighted by atomic mass is 9.98. The predicted octanol–water partition coefficient (Wildman–Crippen LogP) is 5.10. The second-order valence-electron chi connectivity index (χ2n) is 5.40. The van der Waals surface area contributed by atoms with Gasteiger partial charge in [0, 0.05) is 42.3 Å². The van der Waals surface area contributed by atoms with E-state index in [9.17, 15) is 13.2 Å². The van der Waals surface area contributed by atoms with E-state index in [-0.39, 0.29) is 36.6 Å². The third-order valence-corrected chi connectivity index (χ3v) is 4.29. The average molecular weight is 466 g/mol. The first-order valence-corrected chi connectivity index (χ1v) is 8.31. The van der Waals surface area contributed by atoms with Gasteiger partial charge < -0.3 is 10.1 Å². The molecule has 1 atom stereocenters. The maximum atomic E-state index is 12.7. The summed E-state index contributed by atoms with van der Waals surface area (Å²) in [5, 5.41) is 3.26. The van der Waals surface area contributed by atoms with E-state index in [1.54, 1.807) is 18.2 Å². The van der Waals surface area contributed by atoms with Gasteiger partial charge in [0.05, 0.1) is 0 Å². The molecule has 1 heterocycles. The number of ether oxygens (including phenoxy) is 1. The van der Waals surface area contributed by atoms with Crippen molar-refractivity contribution in [1.82, 2.24) is 10.2 Å². The number of hydrogen-bond donors (Lipinski definition) is 1. The van der Waals surface area contributed by atoms with Crippen LogP contribution in [0.2, 0.25) is 0 Å². The van der Waals surface area contributed by atoms with Gasteiger partial charge in [-0.3, -0.25) is 4.90 Å². The van der Waals surface area contributed by atoms with Crippen LogP contribution in [0.5, 0.6) is 5.75 Å². The van der Waals surface area contributed by atoms with E-state index in [1.807, 2.05) is 0 Å². The Morgan fingerprint density at radius 3 is 2.48 bits per heavy atom. The van der Waals surface area contributed by atoms with E-state index in [0.29, 0.717) is 12.0 Å². The Morgan fingerprint density at radius 1 is 1.28 bits per heavy atom. The molecular weight excluding hydrogens is 444 g/mol. The number of allylic oxidation sites excluding steroid dienone is 1. The van der Waals surface area contributed by atoms with Crippen molar-refractivity contribution in [2.24, 2.45) is 0 Å². The molecule has 1 saturated heterocycles. The molecule has 2 rings (SSSR count). The summed E-state index contributed by atoms with van der Waals surface area (Å²) in [6.45, 7) is 6.96. The van der Waals surface area contributed by atoms with E-state index in [4.69, 9.17) is 0 Å². The Bertz CT molecular complexity index is 541. The molecule has 1 aromatic carbocycles. The Balaban J connectivity index is 0.00000288. The highest BCUT2D eigenvalue weighted by molar-refractivity contribution is 9.10. The van der Waals surface area contributed by atoms with Gasteiger partial charge in [-0.05, 0) is 31.0 Å². The van der Waals surface area contributed by atoms with Crippen LogP contribution in [0.15, 0.2) is 35.3 Å². The molecule has 1 aliphatic rings. The molecule has 0 unspecified atom stereocenters. The maximum Gasteiger partial charge on any atom is 0.573 e. The molecule has 0 aromatic heterocycles. The third kappa shape index (κ3) is 7.74. The first-order chi connectivity index (χ1) is 10.9. The molecule has 0 bridgehead atoms. The number of alkyl halides is 3. The van der Waals surface area contributed by atoms with Gasteiger partial charge in [0.25, 0.3) is 0 Å². The molecule has 25 heavy (non-hydrogen) atoms. The van der Waals surface area contributed by atoms with E-state index in [2.05, 4.69) is 37.5 Å². The standard InChI is InChI=1S/C16H20BrF3N2O.2ClH/c1-2-3-4-14(22-9-7-21-8-10-22)13-11-12(17)5-6-15(13)23-16(18,19)20;;/h2,5-6,11,14,21H,1,3-4,7-10H2;2*1H/t14-;;/m1../s1. The number of halogens is 6. The Morgan fingerprint density at radius 2 is 1.92 bits per heavy atom. The van der Waals surface area contributed by atoms with Gasteiger partial charge in [-0.25, -0.2) is 0 Å². The van der Waals surface area contributed by atoms with Crippen LogP contribution in [0.25, 0.3) is 0 Å². The fourth-order valence-corrected chi connectivity index (χ4v) is 3.18. The van der Waals surface area contributed by atoms with Crippen molar-refractivity contribution in [1.29, 1.82) is 0 Å². The molecule has 0 aliphatic carbocycles. The lowest BCUT2D eigenvalue weighted by Crippen LogP contribution is -2.45. The largest absolute Gasteiger partial charge is 0.573 e. The van der Waals surface area contributed by atoms with Crippen molar-refractivity contribution in [2.45, 2.75) is 25.2 Å². The summed E-state index contributed by atoms with van der Waals surface area (Å²) >= 11 is 3.35. The monoisotopic (exact) mass is 464 g/mol. The predicted molar refractivity (Wildman–Crippen MR) is 102 cm³/mol. The van der Waals surface area contributed by atoms with Crippen LogP contribution < -0.4 is 10.1 Å². The van der Waals surface area contributed by atoms with E-state index < -0.39 is 6.36 Å². The Kier molecular flexibility index (Phi) is 11.1. The van der Waals surface area contributed by atoms with Crippen LogP contribution in [-0.4, -0.2) is 37.4 Å². The Hall–Kier alpha value is -0.470. The van der Waals surface area contributed by atoms with Gasteiger partial charge in [-0.2, -0.15) is 0 Å². The summed E-state index contributed by atoms with van der Waals surface area (Å²) in [5.41, 5.74) is 0.556. The van der Waals surface area contributed by atoms with Gasteiger partial charge in [-0.15, -0.1) is 44.6 Å². The lowest BCUT2D eigenvalue weighted by molar-refractivity contribution is -0.275. The van der Waals surface area contributed by atoms with Crippen LogP contribution in [0, 0.1) is 0 Å². The summed E-state index contributed by atoms with van der Waals surface area (Å²) in [7, 11) is 0. The lowest BCUT2D eigenvalue weighted by Gasteiger charge is -2.36. The molecule has 9 heteroatoms. The molecule has 0 saturated carbocycles. The van der Waals surface area contributed by atoms with Gasteiger partial charge in [0.15, 0.2) is 0 Å². The van der Waals surface area contributed by atoms with Crippen LogP contribution in [0.3, 0.4) is 0 Å². The van der Waals surface area contributed by atoms with E-state index >= 15 is 0 Å². The van der Waals surface area contributed by atoms with Gasteiger partial charge in [0.1, 0.15) is 5.75 Å². The minimum Gasteiger partial charge on any atom is -0.405 e. The zero-order valence-electron chi connectivity index (χ0n) is 13.5. The maximum absolute atomic E-state index is 12.7. The summed E-state index contributed by atoms with van der Waals surface area (Å²) in [6, 6.07) is 4.52. The van der Waals surface area contributed by atoms with Crippen LogP contribution in [-0.2, 0) is 0 Å². The topological polar surface area (TPSA) is 24.5 Å². The number of hydrogen-bond acceptors (Lipinski definition) is 3. The van der Waals surface area contributed by atoms with Gasteiger partial charge >= 0.3 is 6.36 Å². The van der Waals surface area contributed by atoms with Crippen molar-refractivity contribution in [3.8, 4) is 5.75 Å². The smallest absolute Gasteiger partial charge is 0.405 e. The number of benzene rings is 1. The molecule has 1 N–H and O–H groups in total. The van der Waals surface area contributed by atoms with Gasteiger partial charge in [-0.1, -0.05) is 22.0 Å². The molecule has 1 aliphatic heterocycles. The second-order valence-corrected chi connectivity index (χ2v) is 6.31. The molecule has 3 nitrogen and oxygen atoms in total. The summed E-state index contributed by atoms with van der Waals surface area (Å²) in [4.78, 5) is 2.20. The van der Waals surface area contributed by atoms with Crippen LogP contribution >= 0.6 is 40.7 Å². The van der Waals surface area contributed by atoms with Crippen molar-refractivity contribution >= 4 is 40.7 Å². The normalized spacial score (nSPS) is 16.3. The fraction of sp³-hybridized carbons (Fsp3) is 0.500. The average Bonchev–Trinajstić information content (AvgIpc) is 2.50. The summed E-state index contributed by atoms with van der Waals surface area (Å²) < 4.78 is 43.1. The SMILES string of the molecule is C=CCC[C@H](c1cc(Br)ccc1OC(F)(F)F)N1CCNCC1.Cl.Cl. The molecule has 0 radical (unpaired) electrons. The summed E-state index contributed by atoms with van der Waals surface area (Å²) in [6.07, 6.45) is -1.48. The highest BCUT2D eigenvalue weighted by Gasteiger charge is 2.34. The van der Waals surface area contributed by atoms with Crippen molar-refractivity contribution in [3.05, 3.63) is 40.9 Å². The first kappa shape index (κ1) is 24.5. The number of nitrogens with zero attached hydrogens (tertiary/aromatic N) is 1. The molecule has 1 fully saturated rings. The number of rotatable bonds is 6. The van der Waals surface area contributed by atoms with E-state index in [0.717, 1.165) is 37.1 Å². The van der Waals surface area contributed by atoms with Crippen LogP contribution in [0.4, 0.5) is 13.2 Å². The molecule has 1 aromatic rings. The number of piperazine rings is 1. The van der Waals surface area contributed by atoms with Crippen molar-refractivity contribution < 1.29 is 17.9 Å². The molecule has 0 spiro atoms. The van der Waals surface area contributed by atoms with Crippen molar-refractivity contribution in [3.63, 3.8) is 0 Å². The minimum absolute atomic E-state index is 0. The molecule has 144 valence electrons. The highest BCUT2D eigenvalue weighted by Crippen LogP contribution is 2.37. The Labute approximate surface area is 166 Å². The highest BCUT2D eigenvalue weighted by atomic mass is 79.9. The van der Waals surface area contributed by atoms with Crippen molar-refractivity contribution in [2.75, 3.05) is 26.2 Å². The van der Waals surface area contributed by atoms with Gasteiger partial charge in [0.2, 0.25) is 0 Å². The zero-order chi connectivity index (χ0) is 16.9. The van der Waals surface area contributed by atoms with E-state index in [1.165, 1.54) is 6.07 Å². The minimum atomic E-state index is -4.70. The quantitative estimate of drug-likeness (QED) is 0.591. The number of nitrogens with one attached hydrogen (secondary N) is 1.